The number of nitrogens with zero attached hydrogens (tertiary/aromatic N) is 1. The van der Waals surface area contributed by atoms with E-state index in [2.05, 4.69) is 21.4 Å². The number of H-pyrrole nitrogens is 1. The molecule has 0 radical (unpaired) electrons. The molecule has 28 heavy (non-hydrogen) atoms. The van der Waals surface area contributed by atoms with E-state index in [-0.39, 0.29) is 11.9 Å². The van der Waals surface area contributed by atoms with Crippen LogP contribution in [-0.2, 0) is 4.79 Å². The van der Waals surface area contributed by atoms with Crippen LogP contribution in [0.1, 0.15) is 22.7 Å². The summed E-state index contributed by atoms with van der Waals surface area (Å²) in [4.78, 5) is 20.5. The van der Waals surface area contributed by atoms with Gasteiger partial charge >= 0.3 is 0 Å². The second-order valence-electron chi connectivity index (χ2n) is 6.67. The van der Waals surface area contributed by atoms with E-state index in [4.69, 9.17) is 0 Å². The van der Waals surface area contributed by atoms with Crippen LogP contribution in [0.15, 0.2) is 84.0 Å². The van der Waals surface area contributed by atoms with E-state index in [1.54, 1.807) is 0 Å². The molecule has 0 aliphatic rings. The van der Waals surface area contributed by atoms with Gasteiger partial charge in [-0.2, -0.15) is 0 Å². The zero-order valence-electron chi connectivity index (χ0n) is 15.6. The second-order valence-corrected chi connectivity index (χ2v) is 7.64. The highest BCUT2D eigenvalue weighted by molar-refractivity contribution is 7.99. The molecule has 0 spiro atoms. The predicted molar refractivity (Wildman–Crippen MR) is 114 cm³/mol. The fraction of sp³-hybridized carbons (Fsp3) is 0.130. The van der Waals surface area contributed by atoms with Gasteiger partial charge < -0.3 is 10.3 Å². The van der Waals surface area contributed by atoms with Crippen molar-refractivity contribution in [3.8, 4) is 0 Å². The lowest BCUT2D eigenvalue weighted by atomic mass is 9.99. The molecular formula is C23H21N3OS. The maximum atomic E-state index is 12.7. The molecule has 4 rings (SSSR count). The molecule has 0 bridgehead atoms. The van der Waals surface area contributed by atoms with E-state index in [0.717, 1.165) is 27.3 Å². The van der Waals surface area contributed by atoms with Crippen LogP contribution in [0.3, 0.4) is 0 Å². The number of amides is 1. The molecule has 2 N–H and O–H groups in total. The summed E-state index contributed by atoms with van der Waals surface area (Å²) in [7, 11) is 0. The third-order valence-corrected chi connectivity index (χ3v) is 5.40. The summed E-state index contributed by atoms with van der Waals surface area (Å²) < 4.78 is 0. The number of imidazole rings is 1. The summed E-state index contributed by atoms with van der Waals surface area (Å²) in [6.07, 6.45) is 0. The standard InChI is InChI=1S/C23H21N3OS/c1-16-12-13-19-20(14-16)25-23(24-19)28-15-21(27)26-22(17-8-4-2-5-9-17)18-10-6-3-7-11-18/h2-14,22H,15H2,1H3,(H,24,25)(H,26,27). The predicted octanol–water partition coefficient (Wildman–Crippen LogP) is 4.87. The van der Waals surface area contributed by atoms with Crippen LogP contribution in [0.2, 0.25) is 0 Å². The van der Waals surface area contributed by atoms with Gasteiger partial charge in [0, 0.05) is 0 Å². The number of carbonyl (C=O) groups is 1. The fourth-order valence-electron chi connectivity index (χ4n) is 3.16. The Morgan fingerprint density at radius 1 is 1.00 bits per heavy atom. The summed E-state index contributed by atoms with van der Waals surface area (Å²) in [6.45, 7) is 2.05. The van der Waals surface area contributed by atoms with Crippen molar-refractivity contribution >= 4 is 28.7 Å². The van der Waals surface area contributed by atoms with Crippen LogP contribution in [0.25, 0.3) is 11.0 Å². The van der Waals surface area contributed by atoms with Gasteiger partial charge in [-0.3, -0.25) is 4.79 Å². The lowest BCUT2D eigenvalue weighted by Gasteiger charge is -2.19. The minimum Gasteiger partial charge on any atom is -0.344 e. The van der Waals surface area contributed by atoms with Crippen molar-refractivity contribution in [2.45, 2.75) is 18.1 Å². The molecule has 140 valence electrons. The SMILES string of the molecule is Cc1ccc2nc(SCC(=O)NC(c3ccccc3)c3ccccc3)[nH]c2c1. The number of carbonyl (C=O) groups excluding carboxylic acids is 1. The first-order valence-corrected chi connectivity index (χ1v) is 10.2. The molecule has 0 saturated carbocycles. The number of thioether (sulfide) groups is 1. The number of aromatic amines is 1. The van der Waals surface area contributed by atoms with Gasteiger partial charge in [-0.05, 0) is 35.7 Å². The summed E-state index contributed by atoms with van der Waals surface area (Å²) >= 11 is 1.41. The van der Waals surface area contributed by atoms with Gasteiger partial charge in [-0.1, -0.05) is 78.5 Å². The molecule has 4 nitrogen and oxygen atoms in total. The molecular weight excluding hydrogens is 366 g/mol. The average molecular weight is 388 g/mol. The molecule has 0 saturated heterocycles. The first-order valence-electron chi connectivity index (χ1n) is 9.17. The van der Waals surface area contributed by atoms with Crippen LogP contribution < -0.4 is 5.32 Å². The second kappa shape index (κ2) is 8.31. The normalized spacial score (nSPS) is 11.1. The largest absolute Gasteiger partial charge is 0.344 e. The van der Waals surface area contributed by atoms with Crippen molar-refractivity contribution in [1.82, 2.24) is 15.3 Å². The number of hydrogen-bond acceptors (Lipinski definition) is 3. The van der Waals surface area contributed by atoms with Gasteiger partial charge in [0.05, 0.1) is 22.8 Å². The molecule has 1 aromatic heterocycles. The maximum Gasteiger partial charge on any atom is 0.231 e. The van der Waals surface area contributed by atoms with E-state index in [0.29, 0.717) is 5.75 Å². The lowest BCUT2D eigenvalue weighted by molar-refractivity contribution is -0.119. The number of fused-ring (bicyclic) bond motifs is 1. The van der Waals surface area contributed by atoms with Gasteiger partial charge in [0.1, 0.15) is 0 Å². The topological polar surface area (TPSA) is 57.8 Å². The zero-order valence-corrected chi connectivity index (χ0v) is 16.4. The summed E-state index contributed by atoms with van der Waals surface area (Å²) in [5.41, 5.74) is 5.21. The van der Waals surface area contributed by atoms with Gasteiger partial charge in [0.15, 0.2) is 5.16 Å². The molecule has 1 amide bonds. The van der Waals surface area contributed by atoms with Crippen molar-refractivity contribution in [3.05, 3.63) is 95.6 Å². The molecule has 3 aromatic carbocycles. The van der Waals surface area contributed by atoms with E-state index >= 15 is 0 Å². The van der Waals surface area contributed by atoms with Crippen molar-refractivity contribution in [1.29, 1.82) is 0 Å². The number of benzene rings is 3. The van der Waals surface area contributed by atoms with Crippen LogP contribution in [0, 0.1) is 6.92 Å². The minimum absolute atomic E-state index is 0.0284. The Labute approximate surface area is 168 Å². The van der Waals surface area contributed by atoms with Gasteiger partial charge in [-0.25, -0.2) is 4.98 Å². The number of nitrogens with one attached hydrogen (secondary N) is 2. The fourth-order valence-corrected chi connectivity index (χ4v) is 3.85. The molecule has 4 aromatic rings. The van der Waals surface area contributed by atoms with Crippen LogP contribution in [0.5, 0.6) is 0 Å². The maximum absolute atomic E-state index is 12.7. The Bertz CT molecular complexity index is 1040. The quantitative estimate of drug-likeness (QED) is 0.464. The molecule has 0 aliphatic heterocycles. The monoisotopic (exact) mass is 387 g/mol. The summed E-state index contributed by atoms with van der Waals surface area (Å²) in [5.74, 6) is 0.272. The van der Waals surface area contributed by atoms with Crippen LogP contribution in [0.4, 0.5) is 0 Å². The lowest BCUT2D eigenvalue weighted by Crippen LogP contribution is -2.30. The average Bonchev–Trinajstić information content (AvgIpc) is 3.14. The molecule has 0 aliphatic carbocycles. The Kier molecular flexibility index (Phi) is 5.44. The van der Waals surface area contributed by atoms with Crippen molar-refractivity contribution in [2.24, 2.45) is 0 Å². The third kappa shape index (κ3) is 4.26. The van der Waals surface area contributed by atoms with E-state index in [9.17, 15) is 4.79 Å². The van der Waals surface area contributed by atoms with E-state index < -0.39 is 0 Å². The number of aromatic nitrogens is 2. The molecule has 0 atom stereocenters. The highest BCUT2D eigenvalue weighted by Crippen LogP contribution is 2.23. The van der Waals surface area contributed by atoms with Crippen LogP contribution in [-0.4, -0.2) is 21.6 Å². The highest BCUT2D eigenvalue weighted by Gasteiger charge is 2.17. The Morgan fingerprint density at radius 2 is 1.64 bits per heavy atom. The number of rotatable bonds is 6. The van der Waals surface area contributed by atoms with Crippen molar-refractivity contribution < 1.29 is 4.79 Å². The Hall–Kier alpha value is -3.05. The van der Waals surface area contributed by atoms with E-state index in [1.165, 1.54) is 17.3 Å². The minimum atomic E-state index is -0.172. The van der Waals surface area contributed by atoms with Crippen molar-refractivity contribution in [2.75, 3.05) is 5.75 Å². The molecule has 5 heteroatoms. The Balaban J connectivity index is 1.46. The molecule has 0 fully saturated rings. The van der Waals surface area contributed by atoms with Gasteiger partial charge in [-0.15, -0.1) is 0 Å². The number of aryl methyl sites for hydroxylation is 1. The first-order chi connectivity index (χ1) is 13.7. The molecule has 1 heterocycles. The summed E-state index contributed by atoms with van der Waals surface area (Å²) in [6, 6.07) is 26.0. The summed E-state index contributed by atoms with van der Waals surface area (Å²) in [5, 5.41) is 3.92. The van der Waals surface area contributed by atoms with Crippen LogP contribution >= 0.6 is 11.8 Å². The highest BCUT2D eigenvalue weighted by atomic mass is 32.2. The molecule has 0 unspecified atom stereocenters. The number of hydrogen-bond donors (Lipinski definition) is 2. The smallest absolute Gasteiger partial charge is 0.231 e. The Morgan fingerprint density at radius 3 is 2.29 bits per heavy atom. The third-order valence-electron chi connectivity index (χ3n) is 4.53. The van der Waals surface area contributed by atoms with E-state index in [1.807, 2.05) is 79.7 Å². The van der Waals surface area contributed by atoms with Crippen molar-refractivity contribution in [3.63, 3.8) is 0 Å². The zero-order chi connectivity index (χ0) is 19.3. The van der Waals surface area contributed by atoms with Gasteiger partial charge in [0.25, 0.3) is 0 Å². The first kappa shape index (κ1) is 18.3. The van der Waals surface area contributed by atoms with Gasteiger partial charge in [0.2, 0.25) is 5.91 Å².